The number of nitrogens with one attached hydrogen (secondary N) is 1. The maximum Gasteiger partial charge on any atom is 0.216 e. The van der Waals surface area contributed by atoms with E-state index in [1.165, 1.54) is 44.9 Å². The van der Waals surface area contributed by atoms with Gasteiger partial charge in [-0.05, 0) is 31.1 Å². The van der Waals surface area contributed by atoms with Crippen molar-refractivity contribution >= 4 is 5.91 Å². The fourth-order valence-corrected chi connectivity index (χ4v) is 2.20. The summed E-state index contributed by atoms with van der Waals surface area (Å²) < 4.78 is 0. The van der Waals surface area contributed by atoms with E-state index in [1.54, 1.807) is 6.92 Å². The van der Waals surface area contributed by atoms with Crippen molar-refractivity contribution in [3.63, 3.8) is 0 Å². The lowest BCUT2D eigenvalue weighted by Gasteiger charge is -2.11. The Morgan fingerprint density at radius 2 is 1.87 bits per heavy atom. The standard InChI is InChI=1S/C13H25NO/c1-3-13(9-10-13)8-6-4-5-7-11-14-12(2)15/h3-11H2,1-2H3,(H,14,15). The van der Waals surface area contributed by atoms with Crippen LogP contribution in [0.5, 0.6) is 0 Å². The lowest BCUT2D eigenvalue weighted by atomic mass is 9.95. The van der Waals surface area contributed by atoms with Gasteiger partial charge in [0.2, 0.25) is 5.91 Å². The highest BCUT2D eigenvalue weighted by atomic mass is 16.1. The van der Waals surface area contributed by atoms with Gasteiger partial charge in [-0.25, -0.2) is 0 Å². The average molecular weight is 211 g/mol. The van der Waals surface area contributed by atoms with Gasteiger partial charge in [0.15, 0.2) is 0 Å². The van der Waals surface area contributed by atoms with Gasteiger partial charge in [0.05, 0.1) is 0 Å². The van der Waals surface area contributed by atoms with Crippen molar-refractivity contribution in [1.82, 2.24) is 5.32 Å². The van der Waals surface area contributed by atoms with Gasteiger partial charge in [0.1, 0.15) is 0 Å². The first-order valence-electron chi connectivity index (χ1n) is 6.43. The van der Waals surface area contributed by atoms with Crippen molar-refractivity contribution in [2.24, 2.45) is 5.41 Å². The van der Waals surface area contributed by atoms with Crippen molar-refractivity contribution in [2.75, 3.05) is 6.54 Å². The smallest absolute Gasteiger partial charge is 0.216 e. The quantitative estimate of drug-likeness (QED) is 0.613. The second-order valence-corrected chi connectivity index (χ2v) is 5.00. The summed E-state index contributed by atoms with van der Waals surface area (Å²) in [6, 6.07) is 0. The molecule has 2 heteroatoms. The van der Waals surface area contributed by atoms with E-state index in [1.807, 2.05) is 0 Å². The summed E-state index contributed by atoms with van der Waals surface area (Å²) >= 11 is 0. The molecule has 88 valence electrons. The molecular weight excluding hydrogens is 186 g/mol. The van der Waals surface area contributed by atoms with E-state index < -0.39 is 0 Å². The lowest BCUT2D eigenvalue weighted by Crippen LogP contribution is -2.20. The normalized spacial score (nSPS) is 17.5. The van der Waals surface area contributed by atoms with Crippen LogP contribution in [0.4, 0.5) is 0 Å². The highest BCUT2D eigenvalue weighted by Crippen LogP contribution is 2.52. The predicted molar refractivity (Wildman–Crippen MR) is 63.7 cm³/mol. The van der Waals surface area contributed by atoms with Gasteiger partial charge >= 0.3 is 0 Å². The van der Waals surface area contributed by atoms with Crippen molar-refractivity contribution in [3.8, 4) is 0 Å². The molecule has 1 N–H and O–H groups in total. The topological polar surface area (TPSA) is 29.1 Å². The minimum Gasteiger partial charge on any atom is -0.356 e. The zero-order valence-electron chi connectivity index (χ0n) is 10.3. The molecule has 1 aliphatic carbocycles. The first kappa shape index (κ1) is 12.5. The number of hydrogen-bond donors (Lipinski definition) is 1. The third kappa shape index (κ3) is 5.19. The molecule has 15 heavy (non-hydrogen) atoms. The highest BCUT2D eigenvalue weighted by Gasteiger charge is 2.39. The fraction of sp³-hybridized carbons (Fsp3) is 0.923. The van der Waals surface area contributed by atoms with Crippen LogP contribution in [0.25, 0.3) is 0 Å². The number of unbranched alkanes of at least 4 members (excludes halogenated alkanes) is 3. The van der Waals surface area contributed by atoms with E-state index in [2.05, 4.69) is 12.2 Å². The largest absolute Gasteiger partial charge is 0.356 e. The Morgan fingerprint density at radius 1 is 1.20 bits per heavy atom. The second-order valence-electron chi connectivity index (χ2n) is 5.00. The van der Waals surface area contributed by atoms with Crippen LogP contribution in [0.1, 0.15) is 65.2 Å². The third-order valence-corrected chi connectivity index (χ3v) is 3.71. The van der Waals surface area contributed by atoms with E-state index in [0.717, 1.165) is 18.4 Å². The molecule has 0 heterocycles. The molecule has 1 amide bonds. The van der Waals surface area contributed by atoms with Crippen molar-refractivity contribution in [2.45, 2.75) is 65.2 Å². The molecule has 0 saturated heterocycles. The molecular formula is C13H25NO. The first-order valence-corrected chi connectivity index (χ1v) is 6.43. The molecule has 1 saturated carbocycles. The maximum atomic E-state index is 10.6. The number of amides is 1. The van der Waals surface area contributed by atoms with Gasteiger partial charge in [-0.1, -0.05) is 32.6 Å². The summed E-state index contributed by atoms with van der Waals surface area (Å²) in [7, 11) is 0. The Hall–Kier alpha value is -0.530. The molecule has 1 fully saturated rings. The highest BCUT2D eigenvalue weighted by molar-refractivity contribution is 5.72. The van der Waals surface area contributed by atoms with Crippen molar-refractivity contribution < 1.29 is 4.79 Å². The van der Waals surface area contributed by atoms with Crippen molar-refractivity contribution in [3.05, 3.63) is 0 Å². The van der Waals surface area contributed by atoms with Crippen LogP contribution in [-0.4, -0.2) is 12.5 Å². The van der Waals surface area contributed by atoms with Crippen LogP contribution < -0.4 is 5.32 Å². The first-order chi connectivity index (χ1) is 7.18. The molecule has 0 aromatic rings. The maximum absolute atomic E-state index is 10.6. The molecule has 2 nitrogen and oxygen atoms in total. The van der Waals surface area contributed by atoms with E-state index in [0.29, 0.717) is 0 Å². The summed E-state index contributed by atoms with van der Waals surface area (Å²) in [5.74, 6) is 0.0953. The van der Waals surface area contributed by atoms with Gasteiger partial charge in [-0.3, -0.25) is 4.79 Å². The molecule has 0 unspecified atom stereocenters. The second kappa shape index (κ2) is 6.14. The van der Waals surface area contributed by atoms with Crippen molar-refractivity contribution in [1.29, 1.82) is 0 Å². The SMILES string of the molecule is CCC1(CCCCCCNC(C)=O)CC1. The number of carbonyl (C=O) groups excluding carboxylic acids is 1. The Bertz CT molecular complexity index is 197. The summed E-state index contributed by atoms with van der Waals surface area (Å²) in [6.45, 7) is 4.76. The van der Waals surface area contributed by atoms with Gasteiger partial charge in [-0.15, -0.1) is 0 Å². The molecule has 0 aliphatic heterocycles. The molecule has 1 rings (SSSR count). The number of hydrogen-bond acceptors (Lipinski definition) is 1. The van der Waals surface area contributed by atoms with Gasteiger partial charge in [-0.2, -0.15) is 0 Å². The molecule has 0 bridgehead atoms. The summed E-state index contributed by atoms with van der Waals surface area (Å²) in [6.07, 6.45) is 10.9. The summed E-state index contributed by atoms with van der Waals surface area (Å²) in [5.41, 5.74) is 0.762. The molecule has 0 atom stereocenters. The van der Waals surface area contributed by atoms with Crippen LogP contribution in [0.3, 0.4) is 0 Å². The zero-order chi connectivity index (χ0) is 11.1. The van der Waals surface area contributed by atoms with Crippen LogP contribution in [0.15, 0.2) is 0 Å². The van der Waals surface area contributed by atoms with E-state index in [4.69, 9.17) is 0 Å². The zero-order valence-corrected chi connectivity index (χ0v) is 10.3. The van der Waals surface area contributed by atoms with Gasteiger partial charge in [0.25, 0.3) is 0 Å². The minimum absolute atomic E-state index is 0.0953. The number of rotatable bonds is 8. The number of carbonyl (C=O) groups is 1. The Labute approximate surface area is 93.8 Å². The monoisotopic (exact) mass is 211 g/mol. The molecule has 1 aliphatic rings. The molecule has 0 radical (unpaired) electrons. The average Bonchev–Trinajstić information content (AvgIpc) is 2.97. The van der Waals surface area contributed by atoms with E-state index in [-0.39, 0.29) is 5.91 Å². The fourth-order valence-electron chi connectivity index (χ4n) is 2.20. The van der Waals surface area contributed by atoms with Crippen LogP contribution >= 0.6 is 0 Å². The predicted octanol–water partition coefficient (Wildman–Crippen LogP) is 3.26. The van der Waals surface area contributed by atoms with Crippen LogP contribution in [0.2, 0.25) is 0 Å². The van der Waals surface area contributed by atoms with Gasteiger partial charge in [0, 0.05) is 13.5 Å². The summed E-state index contributed by atoms with van der Waals surface area (Å²) in [5, 5.41) is 2.84. The Balaban J connectivity index is 1.83. The Kier molecular flexibility index (Phi) is 5.13. The van der Waals surface area contributed by atoms with Crippen LogP contribution in [0, 0.1) is 5.41 Å². The van der Waals surface area contributed by atoms with E-state index in [9.17, 15) is 4.79 Å². The Morgan fingerprint density at radius 3 is 2.40 bits per heavy atom. The summed E-state index contributed by atoms with van der Waals surface area (Å²) in [4.78, 5) is 10.6. The van der Waals surface area contributed by atoms with E-state index >= 15 is 0 Å². The molecule has 0 spiro atoms. The molecule has 0 aromatic heterocycles. The third-order valence-electron chi connectivity index (χ3n) is 3.71. The molecule has 0 aromatic carbocycles. The van der Waals surface area contributed by atoms with Crippen LogP contribution in [-0.2, 0) is 4.79 Å². The minimum atomic E-state index is 0.0953. The van der Waals surface area contributed by atoms with Gasteiger partial charge < -0.3 is 5.32 Å². The lowest BCUT2D eigenvalue weighted by molar-refractivity contribution is -0.118.